The molecule has 2 aromatic carbocycles. The molecular weight excluding hydrogens is 340 g/mol. The highest BCUT2D eigenvalue weighted by atomic mass is 16.4. The van der Waals surface area contributed by atoms with Crippen LogP contribution >= 0.6 is 0 Å². The average Bonchev–Trinajstić information content (AvgIpc) is 3.49. The maximum atomic E-state index is 13.1. The van der Waals surface area contributed by atoms with Crippen molar-refractivity contribution in [2.24, 2.45) is 0 Å². The van der Waals surface area contributed by atoms with Gasteiger partial charge in [-0.1, -0.05) is 54.6 Å². The van der Waals surface area contributed by atoms with Gasteiger partial charge in [-0.3, -0.25) is 9.78 Å². The number of carboxylic acids is 1. The highest BCUT2D eigenvalue weighted by Crippen LogP contribution is 2.49. The Morgan fingerprint density at radius 2 is 1.74 bits per heavy atom. The summed E-state index contributed by atoms with van der Waals surface area (Å²) in [6.45, 7) is 0. The molecule has 5 heteroatoms. The third-order valence-corrected chi connectivity index (χ3v) is 5.20. The number of hydrogen-bond donors (Lipinski definition) is 2. The summed E-state index contributed by atoms with van der Waals surface area (Å²) in [5.74, 6) is -1.29. The van der Waals surface area contributed by atoms with E-state index in [-0.39, 0.29) is 12.3 Å². The van der Waals surface area contributed by atoms with Crippen molar-refractivity contribution < 1.29 is 14.7 Å². The highest BCUT2D eigenvalue weighted by Gasteiger charge is 2.54. The number of amides is 1. The molecule has 1 saturated carbocycles. The van der Waals surface area contributed by atoms with Crippen LogP contribution in [0.25, 0.3) is 10.8 Å². The Bertz CT molecular complexity index is 991. The molecule has 0 radical (unpaired) electrons. The summed E-state index contributed by atoms with van der Waals surface area (Å²) in [6.07, 6.45) is 3.32. The number of nitrogens with zero attached hydrogens (tertiary/aromatic N) is 1. The minimum absolute atomic E-state index is 0.251. The van der Waals surface area contributed by atoms with Crippen LogP contribution < -0.4 is 5.32 Å². The van der Waals surface area contributed by atoms with Gasteiger partial charge in [0.25, 0.3) is 0 Å². The minimum atomic E-state index is -1.03. The van der Waals surface area contributed by atoms with E-state index in [1.165, 1.54) is 0 Å². The van der Waals surface area contributed by atoms with Gasteiger partial charge < -0.3 is 10.4 Å². The Morgan fingerprint density at radius 1 is 1.04 bits per heavy atom. The number of carboxylic acid groups (broad SMARTS) is 1. The van der Waals surface area contributed by atoms with E-state index >= 15 is 0 Å². The zero-order valence-corrected chi connectivity index (χ0v) is 14.8. The molecular formula is C22H20N2O3. The fourth-order valence-electron chi connectivity index (χ4n) is 3.54. The van der Waals surface area contributed by atoms with Crippen LogP contribution in [0.3, 0.4) is 0 Å². The van der Waals surface area contributed by atoms with Crippen molar-refractivity contribution in [3.05, 3.63) is 78.1 Å². The first-order chi connectivity index (χ1) is 13.1. The van der Waals surface area contributed by atoms with Crippen LogP contribution in [0.2, 0.25) is 0 Å². The van der Waals surface area contributed by atoms with Gasteiger partial charge in [0.05, 0.1) is 11.1 Å². The predicted octanol–water partition coefficient (Wildman–Crippen LogP) is 3.08. The molecule has 5 nitrogen and oxygen atoms in total. The quantitative estimate of drug-likeness (QED) is 0.708. The van der Waals surface area contributed by atoms with Crippen LogP contribution in [0.1, 0.15) is 24.1 Å². The molecule has 4 rings (SSSR count). The fourth-order valence-corrected chi connectivity index (χ4v) is 3.54. The molecule has 3 aromatic rings. The van der Waals surface area contributed by atoms with E-state index in [9.17, 15) is 14.7 Å². The highest BCUT2D eigenvalue weighted by molar-refractivity contribution is 5.98. The number of fused-ring (bicyclic) bond motifs is 1. The summed E-state index contributed by atoms with van der Waals surface area (Å²) < 4.78 is 0. The molecule has 136 valence electrons. The third kappa shape index (κ3) is 3.28. The van der Waals surface area contributed by atoms with Crippen molar-refractivity contribution in [3.8, 4) is 0 Å². The molecule has 0 spiro atoms. The number of rotatable bonds is 6. The Labute approximate surface area is 157 Å². The fraction of sp³-hybridized carbons (Fsp3) is 0.227. The smallest absolute Gasteiger partial charge is 0.326 e. The first-order valence-electron chi connectivity index (χ1n) is 9.02. The Hall–Kier alpha value is -3.21. The SMILES string of the molecule is O=C(O)[C@H](Cc1ccccc1)NC(=O)C1(c2nccc3ccccc23)CC1. The zero-order chi connectivity index (χ0) is 18.9. The molecule has 1 amide bonds. The van der Waals surface area contributed by atoms with Crippen LogP contribution in [-0.4, -0.2) is 28.0 Å². The summed E-state index contributed by atoms with van der Waals surface area (Å²) in [5.41, 5.74) is 0.880. The third-order valence-electron chi connectivity index (χ3n) is 5.20. The lowest BCUT2D eigenvalue weighted by atomic mass is 9.94. The number of benzene rings is 2. The number of hydrogen-bond acceptors (Lipinski definition) is 3. The van der Waals surface area contributed by atoms with Gasteiger partial charge in [-0.25, -0.2) is 4.79 Å². The zero-order valence-electron chi connectivity index (χ0n) is 14.8. The maximum Gasteiger partial charge on any atom is 0.326 e. The normalized spacial score (nSPS) is 15.9. The van der Waals surface area contributed by atoms with Gasteiger partial charge in [-0.05, 0) is 29.9 Å². The van der Waals surface area contributed by atoms with Crippen molar-refractivity contribution in [3.63, 3.8) is 0 Å². The molecule has 2 N–H and O–H groups in total. The number of aromatic nitrogens is 1. The minimum Gasteiger partial charge on any atom is -0.480 e. The van der Waals surface area contributed by atoms with Gasteiger partial charge in [0, 0.05) is 18.0 Å². The van der Waals surface area contributed by atoms with Crippen LogP contribution in [0.5, 0.6) is 0 Å². The summed E-state index contributed by atoms with van der Waals surface area (Å²) in [5, 5.41) is 14.3. The largest absolute Gasteiger partial charge is 0.480 e. The molecule has 0 saturated heterocycles. The molecule has 1 aliphatic rings. The van der Waals surface area contributed by atoms with Crippen molar-refractivity contribution in [2.75, 3.05) is 0 Å². The summed E-state index contributed by atoms with van der Waals surface area (Å²) in [4.78, 5) is 29.3. The molecule has 1 fully saturated rings. The van der Waals surface area contributed by atoms with Crippen LogP contribution in [0, 0.1) is 0 Å². The molecule has 1 atom stereocenters. The lowest BCUT2D eigenvalue weighted by Gasteiger charge is -2.20. The number of pyridine rings is 1. The first kappa shape index (κ1) is 17.2. The Morgan fingerprint density at radius 3 is 2.44 bits per heavy atom. The van der Waals surface area contributed by atoms with Crippen LogP contribution in [-0.2, 0) is 21.4 Å². The first-order valence-corrected chi connectivity index (χ1v) is 9.02. The molecule has 0 bridgehead atoms. The molecule has 1 heterocycles. The number of nitrogens with one attached hydrogen (secondary N) is 1. The number of carbonyl (C=O) groups excluding carboxylic acids is 1. The molecule has 0 unspecified atom stereocenters. The van der Waals surface area contributed by atoms with E-state index in [2.05, 4.69) is 10.3 Å². The van der Waals surface area contributed by atoms with E-state index in [1.807, 2.05) is 60.7 Å². The van der Waals surface area contributed by atoms with Gasteiger partial charge in [0.2, 0.25) is 5.91 Å². The van der Waals surface area contributed by atoms with E-state index in [0.717, 1.165) is 22.0 Å². The lowest BCUT2D eigenvalue weighted by Crippen LogP contribution is -2.47. The average molecular weight is 360 g/mol. The Balaban J connectivity index is 1.60. The van der Waals surface area contributed by atoms with E-state index in [0.29, 0.717) is 12.8 Å². The number of carbonyl (C=O) groups is 2. The van der Waals surface area contributed by atoms with E-state index in [1.54, 1.807) is 6.20 Å². The van der Waals surface area contributed by atoms with Crippen molar-refractivity contribution in [1.82, 2.24) is 10.3 Å². The lowest BCUT2D eigenvalue weighted by molar-refractivity contribution is -0.142. The molecule has 1 aromatic heterocycles. The van der Waals surface area contributed by atoms with Crippen molar-refractivity contribution in [2.45, 2.75) is 30.7 Å². The van der Waals surface area contributed by atoms with E-state index in [4.69, 9.17) is 0 Å². The van der Waals surface area contributed by atoms with Gasteiger partial charge >= 0.3 is 5.97 Å². The second kappa shape index (κ2) is 6.83. The second-order valence-electron chi connectivity index (χ2n) is 7.02. The van der Waals surface area contributed by atoms with Crippen molar-refractivity contribution >= 4 is 22.6 Å². The van der Waals surface area contributed by atoms with Crippen molar-refractivity contribution in [1.29, 1.82) is 0 Å². The summed E-state index contributed by atoms with van der Waals surface area (Å²) in [6, 6.07) is 18.1. The molecule has 1 aliphatic carbocycles. The standard InChI is InChI=1S/C22H20N2O3/c25-20(26)18(14-15-6-2-1-3-7-15)24-21(27)22(11-12-22)19-17-9-5-4-8-16(17)10-13-23-19/h1-10,13,18H,11-12,14H2,(H,24,27)(H,25,26)/t18-/m0/s1. The second-order valence-corrected chi connectivity index (χ2v) is 7.02. The monoisotopic (exact) mass is 360 g/mol. The summed E-state index contributed by atoms with van der Waals surface area (Å²) in [7, 11) is 0. The van der Waals surface area contributed by atoms with Crippen LogP contribution in [0.15, 0.2) is 66.9 Å². The summed E-state index contributed by atoms with van der Waals surface area (Å²) >= 11 is 0. The van der Waals surface area contributed by atoms with Gasteiger partial charge in [0.15, 0.2) is 0 Å². The maximum absolute atomic E-state index is 13.1. The topological polar surface area (TPSA) is 79.3 Å². The molecule has 27 heavy (non-hydrogen) atoms. The molecule has 0 aliphatic heterocycles. The number of aliphatic carboxylic acids is 1. The van der Waals surface area contributed by atoms with Crippen LogP contribution in [0.4, 0.5) is 0 Å². The van der Waals surface area contributed by atoms with Gasteiger partial charge in [0.1, 0.15) is 6.04 Å². The van der Waals surface area contributed by atoms with Gasteiger partial charge in [-0.2, -0.15) is 0 Å². The predicted molar refractivity (Wildman–Crippen MR) is 102 cm³/mol. The van der Waals surface area contributed by atoms with E-state index < -0.39 is 17.4 Å². The Kier molecular flexibility index (Phi) is 4.36. The van der Waals surface area contributed by atoms with Gasteiger partial charge in [-0.15, -0.1) is 0 Å².